The van der Waals surface area contributed by atoms with E-state index in [9.17, 15) is 4.79 Å². The number of hydrogen-bond acceptors (Lipinski definition) is 4. The third-order valence-corrected chi connectivity index (χ3v) is 4.61. The van der Waals surface area contributed by atoms with Crippen LogP contribution in [0.1, 0.15) is 17.0 Å². The normalized spacial score (nSPS) is 10.7. The zero-order chi connectivity index (χ0) is 20.1. The first kappa shape index (κ1) is 18.4. The maximum atomic E-state index is 13.1. The number of benzene rings is 3. The number of ether oxygens (including phenoxy) is 1. The van der Waals surface area contributed by atoms with Crippen LogP contribution in [-0.2, 0) is 4.79 Å². The minimum Gasteiger partial charge on any atom is -0.497 e. The van der Waals surface area contributed by atoms with E-state index in [1.165, 1.54) is 0 Å². The molecule has 1 amide bonds. The summed E-state index contributed by atoms with van der Waals surface area (Å²) in [7, 11) is 1.62. The number of amides is 1. The molecule has 0 radical (unpaired) electrons. The molecule has 1 aromatic heterocycles. The summed E-state index contributed by atoms with van der Waals surface area (Å²) >= 11 is 0. The Morgan fingerprint density at radius 1 is 0.897 bits per heavy atom. The maximum absolute atomic E-state index is 13.1. The number of carbonyl (C=O) groups excluding carboxylic acids is 1. The van der Waals surface area contributed by atoms with E-state index in [1.54, 1.807) is 7.11 Å². The van der Waals surface area contributed by atoms with Gasteiger partial charge in [-0.15, -0.1) is 5.10 Å². The Bertz CT molecular complexity index is 1040. The molecule has 0 bridgehead atoms. The quantitative estimate of drug-likeness (QED) is 0.521. The molecule has 0 saturated heterocycles. The summed E-state index contributed by atoms with van der Waals surface area (Å²) in [5, 5.41) is 9.85. The fourth-order valence-electron chi connectivity index (χ4n) is 3.16. The van der Waals surface area contributed by atoms with Crippen molar-refractivity contribution in [2.24, 2.45) is 0 Å². The smallest absolute Gasteiger partial charge is 0.249 e. The standard InChI is InChI=1S/C23H20N4O2/c1-29-19-14-12-18(13-15-19)21-24-23(27-26-21)25-22(28)20(16-8-4-2-5-9-16)17-10-6-3-7-11-17/h2-15,20H,1H3,(H2,24,25,26,27,28). The van der Waals surface area contributed by atoms with E-state index in [1.807, 2.05) is 84.9 Å². The van der Waals surface area contributed by atoms with E-state index < -0.39 is 5.92 Å². The molecule has 0 unspecified atom stereocenters. The summed E-state index contributed by atoms with van der Waals surface area (Å²) in [6.07, 6.45) is 0. The first-order valence-corrected chi connectivity index (χ1v) is 9.22. The average molecular weight is 384 g/mol. The molecule has 0 fully saturated rings. The second-order valence-corrected chi connectivity index (χ2v) is 6.48. The Kier molecular flexibility index (Phi) is 5.33. The topological polar surface area (TPSA) is 79.9 Å². The molecule has 0 atom stereocenters. The van der Waals surface area contributed by atoms with E-state index in [2.05, 4.69) is 20.5 Å². The van der Waals surface area contributed by atoms with E-state index in [0.717, 1.165) is 22.4 Å². The second-order valence-electron chi connectivity index (χ2n) is 6.48. The van der Waals surface area contributed by atoms with Gasteiger partial charge in [-0.05, 0) is 35.4 Å². The summed E-state index contributed by atoms with van der Waals surface area (Å²) in [6.45, 7) is 0. The molecule has 29 heavy (non-hydrogen) atoms. The number of H-pyrrole nitrogens is 1. The number of hydrogen-bond donors (Lipinski definition) is 2. The Morgan fingerprint density at radius 3 is 2.03 bits per heavy atom. The molecule has 0 aliphatic heterocycles. The van der Waals surface area contributed by atoms with E-state index in [-0.39, 0.29) is 11.9 Å². The van der Waals surface area contributed by atoms with Crippen molar-refractivity contribution in [3.8, 4) is 17.1 Å². The lowest BCUT2D eigenvalue weighted by Crippen LogP contribution is -2.22. The number of nitrogens with one attached hydrogen (secondary N) is 2. The predicted molar refractivity (Wildman–Crippen MR) is 112 cm³/mol. The number of anilines is 1. The van der Waals surface area contributed by atoms with Crippen LogP contribution < -0.4 is 10.1 Å². The molecule has 6 heteroatoms. The molecule has 4 rings (SSSR count). The summed E-state index contributed by atoms with van der Waals surface area (Å²) in [4.78, 5) is 17.5. The van der Waals surface area contributed by atoms with Crippen LogP contribution in [0, 0.1) is 0 Å². The van der Waals surface area contributed by atoms with Crippen LogP contribution in [0.25, 0.3) is 11.4 Å². The zero-order valence-corrected chi connectivity index (χ0v) is 15.9. The van der Waals surface area contributed by atoms with E-state index >= 15 is 0 Å². The van der Waals surface area contributed by atoms with Gasteiger partial charge in [-0.1, -0.05) is 60.7 Å². The molecular weight excluding hydrogens is 364 g/mol. The third-order valence-electron chi connectivity index (χ3n) is 4.61. The van der Waals surface area contributed by atoms with Crippen molar-refractivity contribution in [3.05, 3.63) is 96.1 Å². The van der Waals surface area contributed by atoms with Crippen molar-refractivity contribution in [2.45, 2.75) is 5.92 Å². The lowest BCUT2D eigenvalue weighted by Gasteiger charge is -2.16. The zero-order valence-electron chi connectivity index (χ0n) is 15.9. The van der Waals surface area contributed by atoms with Crippen LogP contribution in [0.15, 0.2) is 84.9 Å². The lowest BCUT2D eigenvalue weighted by atomic mass is 9.90. The first-order chi connectivity index (χ1) is 14.2. The van der Waals surface area contributed by atoms with Gasteiger partial charge in [0.2, 0.25) is 11.9 Å². The van der Waals surface area contributed by atoms with Gasteiger partial charge < -0.3 is 4.74 Å². The highest BCUT2D eigenvalue weighted by atomic mass is 16.5. The maximum Gasteiger partial charge on any atom is 0.249 e. The van der Waals surface area contributed by atoms with Gasteiger partial charge in [0.05, 0.1) is 13.0 Å². The summed E-state index contributed by atoms with van der Waals surface area (Å²) in [5.74, 6) is 0.912. The van der Waals surface area contributed by atoms with Crippen LogP contribution in [0.4, 0.5) is 5.95 Å². The number of nitrogens with zero attached hydrogens (tertiary/aromatic N) is 2. The van der Waals surface area contributed by atoms with Gasteiger partial charge >= 0.3 is 0 Å². The van der Waals surface area contributed by atoms with Crippen molar-refractivity contribution in [1.82, 2.24) is 15.2 Å². The van der Waals surface area contributed by atoms with Crippen molar-refractivity contribution >= 4 is 11.9 Å². The Hall–Kier alpha value is -3.93. The largest absolute Gasteiger partial charge is 0.497 e. The van der Waals surface area contributed by atoms with Crippen LogP contribution in [-0.4, -0.2) is 28.2 Å². The van der Waals surface area contributed by atoms with Crippen LogP contribution in [0.3, 0.4) is 0 Å². The summed E-state index contributed by atoms with van der Waals surface area (Å²) in [5.41, 5.74) is 2.66. The molecule has 0 aliphatic rings. The van der Waals surface area contributed by atoms with Crippen molar-refractivity contribution < 1.29 is 9.53 Å². The molecular formula is C23H20N4O2. The van der Waals surface area contributed by atoms with Crippen molar-refractivity contribution in [3.63, 3.8) is 0 Å². The summed E-state index contributed by atoms with van der Waals surface area (Å²) in [6, 6.07) is 26.8. The minimum absolute atomic E-state index is 0.192. The Labute approximate surface area is 168 Å². The predicted octanol–water partition coefficient (Wildman–Crippen LogP) is 4.25. The molecule has 0 aliphatic carbocycles. The first-order valence-electron chi connectivity index (χ1n) is 9.22. The summed E-state index contributed by atoms with van der Waals surface area (Å²) < 4.78 is 5.17. The fraction of sp³-hybridized carbons (Fsp3) is 0.0870. The van der Waals surface area contributed by atoms with Crippen LogP contribution >= 0.6 is 0 Å². The monoisotopic (exact) mass is 384 g/mol. The van der Waals surface area contributed by atoms with E-state index in [0.29, 0.717) is 5.82 Å². The molecule has 4 aromatic rings. The van der Waals surface area contributed by atoms with Crippen LogP contribution in [0.5, 0.6) is 5.75 Å². The van der Waals surface area contributed by atoms with Crippen LogP contribution in [0.2, 0.25) is 0 Å². The SMILES string of the molecule is COc1ccc(-c2nc(NC(=O)C(c3ccccc3)c3ccccc3)n[nH]2)cc1. The Morgan fingerprint density at radius 2 is 1.48 bits per heavy atom. The average Bonchev–Trinajstić information content (AvgIpc) is 3.24. The van der Waals surface area contributed by atoms with Gasteiger partial charge in [-0.3, -0.25) is 15.2 Å². The van der Waals surface area contributed by atoms with Gasteiger partial charge in [-0.2, -0.15) is 4.98 Å². The number of aromatic nitrogens is 3. The third kappa shape index (κ3) is 4.16. The number of carbonyl (C=O) groups is 1. The molecule has 1 heterocycles. The number of rotatable bonds is 6. The lowest BCUT2D eigenvalue weighted by molar-refractivity contribution is -0.116. The van der Waals surface area contributed by atoms with Gasteiger partial charge in [-0.25, -0.2) is 0 Å². The number of methoxy groups -OCH3 is 1. The highest BCUT2D eigenvalue weighted by Gasteiger charge is 2.23. The molecule has 6 nitrogen and oxygen atoms in total. The molecule has 144 valence electrons. The van der Waals surface area contributed by atoms with Gasteiger partial charge in [0.25, 0.3) is 0 Å². The van der Waals surface area contributed by atoms with Gasteiger partial charge in [0.15, 0.2) is 5.82 Å². The second kappa shape index (κ2) is 8.39. The van der Waals surface area contributed by atoms with Crippen molar-refractivity contribution in [1.29, 1.82) is 0 Å². The molecule has 0 spiro atoms. The van der Waals surface area contributed by atoms with Gasteiger partial charge in [0, 0.05) is 5.56 Å². The molecule has 2 N–H and O–H groups in total. The highest BCUT2D eigenvalue weighted by Crippen LogP contribution is 2.26. The van der Waals surface area contributed by atoms with Crippen molar-refractivity contribution in [2.75, 3.05) is 12.4 Å². The minimum atomic E-state index is -0.458. The highest BCUT2D eigenvalue weighted by molar-refractivity contribution is 5.97. The van der Waals surface area contributed by atoms with E-state index in [4.69, 9.17) is 4.74 Å². The number of aromatic amines is 1. The fourth-order valence-corrected chi connectivity index (χ4v) is 3.16. The molecule has 0 saturated carbocycles. The molecule has 3 aromatic carbocycles. The van der Waals surface area contributed by atoms with Gasteiger partial charge in [0.1, 0.15) is 5.75 Å². The Balaban J connectivity index is 1.57.